The first-order valence-corrected chi connectivity index (χ1v) is 9.60. The topological polar surface area (TPSA) is 90.5 Å². The number of nitrogens with one attached hydrogen (secondary N) is 3. The lowest BCUT2D eigenvalue weighted by atomic mass is 10.1. The van der Waals surface area contributed by atoms with Crippen LogP contribution in [0.2, 0.25) is 0 Å². The Morgan fingerprint density at radius 1 is 0.966 bits per heavy atom. The van der Waals surface area contributed by atoms with Gasteiger partial charge in [-0.1, -0.05) is 12.1 Å². The molecule has 0 spiro atoms. The summed E-state index contributed by atoms with van der Waals surface area (Å²) in [5.41, 5.74) is 3.01. The van der Waals surface area contributed by atoms with Crippen LogP contribution in [0, 0.1) is 0 Å². The molecular formula is C22H28N4O3. The van der Waals surface area contributed by atoms with Gasteiger partial charge in [-0.3, -0.25) is 14.4 Å². The van der Waals surface area contributed by atoms with Crippen LogP contribution in [0.5, 0.6) is 0 Å². The third-order valence-electron chi connectivity index (χ3n) is 4.27. The number of benzene rings is 2. The number of carbonyl (C=O) groups excluding carboxylic acids is 3. The van der Waals surface area contributed by atoms with Gasteiger partial charge >= 0.3 is 0 Å². The van der Waals surface area contributed by atoms with E-state index in [1.807, 2.05) is 31.2 Å². The van der Waals surface area contributed by atoms with Crippen molar-refractivity contribution in [1.82, 2.24) is 10.2 Å². The molecule has 29 heavy (non-hydrogen) atoms. The molecule has 0 fully saturated rings. The zero-order chi connectivity index (χ0) is 21.2. The highest BCUT2D eigenvalue weighted by atomic mass is 16.2. The van der Waals surface area contributed by atoms with Crippen molar-refractivity contribution in [3.63, 3.8) is 0 Å². The van der Waals surface area contributed by atoms with Gasteiger partial charge in [0.1, 0.15) is 0 Å². The van der Waals surface area contributed by atoms with Gasteiger partial charge in [0, 0.05) is 44.0 Å². The fourth-order valence-electron chi connectivity index (χ4n) is 2.67. The van der Waals surface area contributed by atoms with E-state index in [1.54, 1.807) is 43.3 Å². The summed E-state index contributed by atoms with van der Waals surface area (Å²) in [6.07, 6.45) is 1.05. The Hall–Kier alpha value is -3.35. The van der Waals surface area contributed by atoms with E-state index in [0.29, 0.717) is 30.6 Å². The van der Waals surface area contributed by atoms with Crippen LogP contribution < -0.4 is 16.0 Å². The predicted molar refractivity (Wildman–Crippen MR) is 115 cm³/mol. The van der Waals surface area contributed by atoms with Gasteiger partial charge in [0.2, 0.25) is 11.8 Å². The number of amides is 3. The van der Waals surface area contributed by atoms with Crippen molar-refractivity contribution < 1.29 is 14.4 Å². The number of carbonyl (C=O) groups is 3. The summed E-state index contributed by atoms with van der Waals surface area (Å²) in [5.74, 6) is -0.231. The van der Waals surface area contributed by atoms with Crippen molar-refractivity contribution in [2.45, 2.75) is 19.8 Å². The summed E-state index contributed by atoms with van der Waals surface area (Å²) in [6.45, 7) is 2.54. The van der Waals surface area contributed by atoms with Crippen LogP contribution in [-0.2, 0) is 16.0 Å². The van der Waals surface area contributed by atoms with Gasteiger partial charge in [0.05, 0.1) is 6.54 Å². The summed E-state index contributed by atoms with van der Waals surface area (Å²) < 4.78 is 0. The number of rotatable bonds is 9. The van der Waals surface area contributed by atoms with E-state index in [4.69, 9.17) is 0 Å². The minimum Gasteiger partial charge on any atom is -0.376 e. The van der Waals surface area contributed by atoms with Gasteiger partial charge in [0.15, 0.2) is 0 Å². The quantitative estimate of drug-likeness (QED) is 0.607. The number of nitrogens with zero attached hydrogens (tertiary/aromatic N) is 1. The van der Waals surface area contributed by atoms with Crippen LogP contribution in [0.4, 0.5) is 11.4 Å². The molecule has 0 unspecified atom stereocenters. The van der Waals surface area contributed by atoms with Crippen LogP contribution in [0.3, 0.4) is 0 Å². The van der Waals surface area contributed by atoms with Crippen molar-refractivity contribution in [2.24, 2.45) is 0 Å². The lowest BCUT2D eigenvalue weighted by Crippen LogP contribution is -2.23. The van der Waals surface area contributed by atoms with E-state index >= 15 is 0 Å². The molecule has 2 aromatic rings. The van der Waals surface area contributed by atoms with Crippen molar-refractivity contribution in [3.8, 4) is 0 Å². The number of aryl methyl sites for hydroxylation is 1. The third-order valence-corrected chi connectivity index (χ3v) is 4.27. The van der Waals surface area contributed by atoms with E-state index in [9.17, 15) is 14.4 Å². The molecule has 3 N–H and O–H groups in total. The van der Waals surface area contributed by atoms with Crippen LogP contribution in [0.1, 0.15) is 29.3 Å². The van der Waals surface area contributed by atoms with Crippen LogP contribution in [0.15, 0.2) is 48.5 Å². The van der Waals surface area contributed by atoms with Gasteiger partial charge < -0.3 is 20.9 Å². The summed E-state index contributed by atoms with van der Waals surface area (Å²) in [6, 6.07) is 14.4. The SMILES string of the molecule is CCNC(=O)c1ccc(NCC(=O)Nc2cccc(CCC(=O)N(C)C)c2)cc1. The van der Waals surface area contributed by atoms with Gasteiger partial charge in [-0.05, 0) is 55.3 Å². The molecule has 154 valence electrons. The molecule has 7 nitrogen and oxygen atoms in total. The molecule has 0 radical (unpaired) electrons. The van der Waals surface area contributed by atoms with Crippen molar-refractivity contribution in [2.75, 3.05) is 37.8 Å². The van der Waals surface area contributed by atoms with Crippen LogP contribution in [-0.4, -0.2) is 49.8 Å². The molecule has 0 bridgehead atoms. The van der Waals surface area contributed by atoms with E-state index in [2.05, 4.69) is 16.0 Å². The number of hydrogen-bond donors (Lipinski definition) is 3. The second kappa shape index (κ2) is 10.8. The standard InChI is InChI=1S/C22H28N4O3/c1-4-23-22(29)17-9-11-18(12-10-17)24-15-20(27)25-19-7-5-6-16(14-19)8-13-21(28)26(2)3/h5-7,9-12,14,24H,4,8,13,15H2,1-3H3,(H,23,29)(H,25,27). The smallest absolute Gasteiger partial charge is 0.251 e. The van der Waals surface area contributed by atoms with Gasteiger partial charge in [0.25, 0.3) is 5.91 Å². The third kappa shape index (κ3) is 7.29. The zero-order valence-corrected chi connectivity index (χ0v) is 17.1. The maximum absolute atomic E-state index is 12.2. The summed E-state index contributed by atoms with van der Waals surface area (Å²) in [4.78, 5) is 37.3. The van der Waals surface area contributed by atoms with Crippen LogP contribution >= 0.6 is 0 Å². The summed E-state index contributed by atoms with van der Waals surface area (Å²) in [5, 5.41) is 8.62. The monoisotopic (exact) mass is 396 g/mol. The Kier molecular flexibility index (Phi) is 8.21. The minimum atomic E-state index is -0.181. The number of hydrogen-bond acceptors (Lipinski definition) is 4. The minimum absolute atomic E-state index is 0.0711. The van der Waals surface area contributed by atoms with Gasteiger partial charge in [-0.15, -0.1) is 0 Å². The summed E-state index contributed by atoms with van der Waals surface area (Å²) in [7, 11) is 3.47. The highest BCUT2D eigenvalue weighted by Crippen LogP contribution is 2.13. The average molecular weight is 396 g/mol. The molecule has 7 heteroatoms. The average Bonchev–Trinajstić information content (AvgIpc) is 2.71. The highest BCUT2D eigenvalue weighted by molar-refractivity contribution is 5.95. The Balaban J connectivity index is 1.84. The highest BCUT2D eigenvalue weighted by Gasteiger charge is 2.07. The molecule has 0 aliphatic rings. The molecule has 0 atom stereocenters. The van der Waals surface area contributed by atoms with E-state index in [-0.39, 0.29) is 24.3 Å². The molecule has 2 aromatic carbocycles. The second-order valence-corrected chi connectivity index (χ2v) is 6.83. The Labute approximate surface area is 171 Å². The van der Waals surface area contributed by atoms with Crippen molar-refractivity contribution in [1.29, 1.82) is 0 Å². The molecule has 0 heterocycles. The van der Waals surface area contributed by atoms with Gasteiger partial charge in [-0.25, -0.2) is 0 Å². The predicted octanol–water partition coefficient (Wildman–Crippen LogP) is 2.51. The number of anilines is 2. The van der Waals surface area contributed by atoms with Crippen molar-refractivity contribution >= 4 is 29.1 Å². The molecule has 2 rings (SSSR count). The van der Waals surface area contributed by atoms with Crippen molar-refractivity contribution in [3.05, 3.63) is 59.7 Å². The Bertz CT molecular complexity index is 847. The van der Waals surface area contributed by atoms with Gasteiger partial charge in [-0.2, -0.15) is 0 Å². The first kappa shape index (κ1) is 21.9. The molecular weight excluding hydrogens is 368 g/mol. The first-order valence-electron chi connectivity index (χ1n) is 9.60. The summed E-state index contributed by atoms with van der Waals surface area (Å²) >= 11 is 0. The molecule has 0 saturated carbocycles. The zero-order valence-electron chi connectivity index (χ0n) is 17.1. The molecule has 0 aliphatic heterocycles. The molecule has 0 saturated heterocycles. The molecule has 3 amide bonds. The Morgan fingerprint density at radius 3 is 2.34 bits per heavy atom. The van der Waals surface area contributed by atoms with E-state index in [1.165, 1.54) is 0 Å². The largest absolute Gasteiger partial charge is 0.376 e. The lowest BCUT2D eigenvalue weighted by molar-refractivity contribution is -0.128. The fraction of sp³-hybridized carbons (Fsp3) is 0.318. The Morgan fingerprint density at radius 2 is 1.69 bits per heavy atom. The normalized spacial score (nSPS) is 10.2. The second-order valence-electron chi connectivity index (χ2n) is 6.83. The molecule has 0 aromatic heterocycles. The maximum Gasteiger partial charge on any atom is 0.251 e. The maximum atomic E-state index is 12.2. The van der Waals surface area contributed by atoms with E-state index < -0.39 is 0 Å². The lowest BCUT2D eigenvalue weighted by Gasteiger charge is -2.11. The first-order chi connectivity index (χ1) is 13.9. The fourth-order valence-corrected chi connectivity index (χ4v) is 2.67. The van der Waals surface area contributed by atoms with Crippen LogP contribution in [0.25, 0.3) is 0 Å². The molecule has 0 aliphatic carbocycles. The van der Waals surface area contributed by atoms with E-state index in [0.717, 1.165) is 11.3 Å².